The zero-order chi connectivity index (χ0) is 18.8. The number of nitrogens with one attached hydrogen (secondary N) is 3. The SMILES string of the molecule is CCNC(=NCc1cccc(NC(C)=O)c1)NCc1cccc(OC)c1. The van der Waals surface area contributed by atoms with Gasteiger partial charge >= 0.3 is 0 Å². The molecule has 6 nitrogen and oxygen atoms in total. The third kappa shape index (κ3) is 6.47. The van der Waals surface area contributed by atoms with Crippen molar-refractivity contribution in [3.05, 3.63) is 59.7 Å². The first-order chi connectivity index (χ1) is 12.6. The van der Waals surface area contributed by atoms with Gasteiger partial charge in [0.15, 0.2) is 5.96 Å². The van der Waals surface area contributed by atoms with Crippen LogP contribution in [0.2, 0.25) is 0 Å². The van der Waals surface area contributed by atoms with Gasteiger partial charge in [0.2, 0.25) is 5.91 Å². The van der Waals surface area contributed by atoms with Gasteiger partial charge in [-0.2, -0.15) is 0 Å². The third-order valence-electron chi connectivity index (χ3n) is 3.61. The number of hydrogen-bond donors (Lipinski definition) is 3. The molecule has 0 atom stereocenters. The predicted molar refractivity (Wildman–Crippen MR) is 105 cm³/mol. The molecular formula is C20H26N4O2. The van der Waals surface area contributed by atoms with Crippen LogP contribution in [-0.2, 0) is 17.9 Å². The zero-order valence-electron chi connectivity index (χ0n) is 15.5. The van der Waals surface area contributed by atoms with Crippen LogP contribution >= 0.6 is 0 Å². The van der Waals surface area contributed by atoms with Crippen molar-refractivity contribution in [2.24, 2.45) is 4.99 Å². The topological polar surface area (TPSA) is 74.8 Å². The van der Waals surface area contributed by atoms with Gasteiger partial charge in [0.05, 0.1) is 13.7 Å². The largest absolute Gasteiger partial charge is 0.497 e. The van der Waals surface area contributed by atoms with Crippen molar-refractivity contribution >= 4 is 17.6 Å². The van der Waals surface area contributed by atoms with E-state index in [1.807, 2.05) is 55.5 Å². The van der Waals surface area contributed by atoms with Crippen molar-refractivity contribution in [3.8, 4) is 5.75 Å². The number of carbonyl (C=O) groups excluding carboxylic acids is 1. The minimum Gasteiger partial charge on any atom is -0.497 e. The number of rotatable bonds is 7. The molecule has 2 rings (SSSR count). The molecule has 0 spiro atoms. The summed E-state index contributed by atoms with van der Waals surface area (Å²) < 4.78 is 5.25. The van der Waals surface area contributed by atoms with E-state index >= 15 is 0 Å². The van der Waals surface area contributed by atoms with Crippen LogP contribution < -0.4 is 20.7 Å². The number of hydrogen-bond acceptors (Lipinski definition) is 3. The normalized spacial score (nSPS) is 11.0. The summed E-state index contributed by atoms with van der Waals surface area (Å²) in [6.45, 7) is 5.46. The molecule has 0 aliphatic carbocycles. The molecule has 138 valence electrons. The fourth-order valence-corrected chi connectivity index (χ4v) is 2.43. The molecule has 0 aliphatic heterocycles. The average Bonchev–Trinajstić information content (AvgIpc) is 2.64. The summed E-state index contributed by atoms with van der Waals surface area (Å²) in [5, 5.41) is 9.34. The van der Waals surface area contributed by atoms with Crippen LogP contribution in [0.25, 0.3) is 0 Å². The van der Waals surface area contributed by atoms with E-state index in [9.17, 15) is 4.79 Å². The lowest BCUT2D eigenvalue weighted by atomic mass is 10.2. The van der Waals surface area contributed by atoms with Crippen molar-refractivity contribution in [3.63, 3.8) is 0 Å². The zero-order valence-corrected chi connectivity index (χ0v) is 15.5. The number of amides is 1. The van der Waals surface area contributed by atoms with Crippen LogP contribution in [0.15, 0.2) is 53.5 Å². The predicted octanol–water partition coefficient (Wildman–Crippen LogP) is 2.91. The Balaban J connectivity index is 2.00. The lowest BCUT2D eigenvalue weighted by Crippen LogP contribution is -2.36. The Hall–Kier alpha value is -3.02. The first kappa shape index (κ1) is 19.3. The molecule has 2 aromatic carbocycles. The van der Waals surface area contributed by atoms with E-state index in [0.29, 0.717) is 13.1 Å². The van der Waals surface area contributed by atoms with Crippen molar-refractivity contribution in [1.82, 2.24) is 10.6 Å². The summed E-state index contributed by atoms with van der Waals surface area (Å²) in [5.41, 5.74) is 2.91. The van der Waals surface area contributed by atoms with Crippen LogP contribution in [0, 0.1) is 0 Å². The summed E-state index contributed by atoms with van der Waals surface area (Å²) in [7, 11) is 1.66. The van der Waals surface area contributed by atoms with Crippen molar-refractivity contribution in [1.29, 1.82) is 0 Å². The van der Waals surface area contributed by atoms with Gasteiger partial charge in [0.1, 0.15) is 5.75 Å². The Kier molecular flexibility index (Phi) is 7.49. The van der Waals surface area contributed by atoms with Crippen LogP contribution in [0.5, 0.6) is 5.75 Å². The number of guanidine groups is 1. The standard InChI is InChI=1S/C20H26N4O2/c1-4-21-20(23-14-17-8-6-10-19(12-17)26-3)22-13-16-7-5-9-18(11-16)24-15(2)25/h5-12H,4,13-14H2,1-3H3,(H,24,25)(H2,21,22,23). The molecule has 0 saturated carbocycles. The van der Waals surface area contributed by atoms with E-state index in [0.717, 1.165) is 35.1 Å². The highest BCUT2D eigenvalue weighted by Crippen LogP contribution is 2.13. The van der Waals surface area contributed by atoms with Gasteiger partial charge in [-0.05, 0) is 42.3 Å². The summed E-state index contributed by atoms with van der Waals surface area (Å²) >= 11 is 0. The Labute approximate surface area is 154 Å². The minimum atomic E-state index is -0.0843. The molecule has 0 heterocycles. The van der Waals surface area contributed by atoms with E-state index in [1.165, 1.54) is 6.92 Å². The highest BCUT2D eigenvalue weighted by atomic mass is 16.5. The van der Waals surface area contributed by atoms with Gasteiger partial charge in [-0.1, -0.05) is 24.3 Å². The highest BCUT2D eigenvalue weighted by molar-refractivity contribution is 5.88. The second kappa shape index (κ2) is 10.1. The molecule has 6 heteroatoms. The number of methoxy groups -OCH3 is 1. The van der Waals surface area contributed by atoms with Crippen LogP contribution in [0.4, 0.5) is 5.69 Å². The molecule has 3 N–H and O–H groups in total. The van der Waals surface area contributed by atoms with Gasteiger partial charge in [-0.25, -0.2) is 4.99 Å². The van der Waals surface area contributed by atoms with Crippen LogP contribution in [0.3, 0.4) is 0 Å². The Morgan fingerprint density at radius 3 is 2.58 bits per heavy atom. The number of carbonyl (C=O) groups is 1. The summed E-state index contributed by atoms with van der Waals surface area (Å²) in [4.78, 5) is 15.8. The molecule has 0 aromatic heterocycles. The van der Waals surface area contributed by atoms with Gasteiger partial charge < -0.3 is 20.7 Å². The van der Waals surface area contributed by atoms with Crippen LogP contribution in [-0.4, -0.2) is 25.5 Å². The number of aliphatic imine (C=N–C) groups is 1. The maximum Gasteiger partial charge on any atom is 0.221 e. The molecule has 0 saturated heterocycles. The fraction of sp³-hybridized carbons (Fsp3) is 0.300. The van der Waals surface area contributed by atoms with Crippen molar-refractivity contribution in [2.75, 3.05) is 19.0 Å². The van der Waals surface area contributed by atoms with Gasteiger partial charge in [0, 0.05) is 25.7 Å². The minimum absolute atomic E-state index is 0.0843. The average molecular weight is 354 g/mol. The van der Waals surface area contributed by atoms with Gasteiger partial charge in [-0.3, -0.25) is 4.79 Å². The maximum atomic E-state index is 11.2. The monoisotopic (exact) mass is 354 g/mol. The Morgan fingerprint density at radius 2 is 1.85 bits per heavy atom. The third-order valence-corrected chi connectivity index (χ3v) is 3.61. The first-order valence-corrected chi connectivity index (χ1v) is 8.62. The van der Waals surface area contributed by atoms with Gasteiger partial charge in [-0.15, -0.1) is 0 Å². The highest BCUT2D eigenvalue weighted by Gasteiger charge is 2.01. The Morgan fingerprint density at radius 1 is 1.08 bits per heavy atom. The molecule has 0 unspecified atom stereocenters. The molecule has 0 fully saturated rings. The van der Waals surface area contributed by atoms with Crippen LogP contribution in [0.1, 0.15) is 25.0 Å². The molecule has 26 heavy (non-hydrogen) atoms. The van der Waals surface area contributed by atoms with E-state index in [1.54, 1.807) is 7.11 Å². The van der Waals surface area contributed by atoms with Crippen molar-refractivity contribution < 1.29 is 9.53 Å². The van der Waals surface area contributed by atoms with E-state index in [4.69, 9.17) is 4.74 Å². The molecule has 0 aliphatic rings. The Bertz CT molecular complexity index is 759. The van der Waals surface area contributed by atoms with E-state index < -0.39 is 0 Å². The molecule has 2 aromatic rings. The maximum absolute atomic E-state index is 11.2. The van der Waals surface area contributed by atoms with Crippen molar-refractivity contribution in [2.45, 2.75) is 26.9 Å². The first-order valence-electron chi connectivity index (χ1n) is 8.62. The fourth-order valence-electron chi connectivity index (χ4n) is 2.43. The molecule has 0 radical (unpaired) electrons. The second-order valence-corrected chi connectivity index (χ2v) is 5.78. The molecule has 0 bridgehead atoms. The number of benzene rings is 2. The summed E-state index contributed by atoms with van der Waals surface area (Å²) in [5.74, 6) is 1.49. The number of anilines is 1. The molecular weight excluding hydrogens is 328 g/mol. The summed E-state index contributed by atoms with van der Waals surface area (Å²) in [6.07, 6.45) is 0. The second-order valence-electron chi connectivity index (χ2n) is 5.78. The van der Waals surface area contributed by atoms with E-state index in [-0.39, 0.29) is 5.91 Å². The smallest absolute Gasteiger partial charge is 0.221 e. The lowest BCUT2D eigenvalue weighted by molar-refractivity contribution is -0.114. The lowest BCUT2D eigenvalue weighted by Gasteiger charge is -2.12. The quantitative estimate of drug-likeness (QED) is 0.528. The number of ether oxygens (including phenoxy) is 1. The summed E-state index contributed by atoms with van der Waals surface area (Å²) in [6, 6.07) is 15.6. The van der Waals surface area contributed by atoms with E-state index in [2.05, 4.69) is 20.9 Å². The number of nitrogens with zero attached hydrogens (tertiary/aromatic N) is 1. The molecule has 1 amide bonds. The van der Waals surface area contributed by atoms with Gasteiger partial charge in [0.25, 0.3) is 0 Å².